The predicted molar refractivity (Wildman–Crippen MR) is 65.6 cm³/mol. The highest BCUT2D eigenvalue weighted by atomic mass is 35.5. The van der Waals surface area contributed by atoms with E-state index in [2.05, 4.69) is 16.8 Å². The van der Waals surface area contributed by atoms with E-state index in [0.717, 1.165) is 12.8 Å². The molecule has 0 radical (unpaired) electrons. The Balaban J connectivity index is 2.39. The third-order valence-electron chi connectivity index (χ3n) is 2.18. The maximum Gasteiger partial charge on any atom is 0.235 e. The minimum atomic E-state index is -0.185. The van der Waals surface area contributed by atoms with Gasteiger partial charge in [-0.1, -0.05) is 6.07 Å². The topological polar surface area (TPSA) is 29.1 Å². The van der Waals surface area contributed by atoms with E-state index in [9.17, 15) is 4.79 Å². The molecule has 15 heavy (non-hydrogen) atoms. The summed E-state index contributed by atoms with van der Waals surface area (Å²) in [4.78, 5) is 12.5. The minimum Gasteiger partial charge on any atom is -0.350 e. The number of hydrogen-bond donors (Lipinski definition) is 1. The Labute approximate surface area is 99.6 Å². The van der Waals surface area contributed by atoms with Crippen molar-refractivity contribution in [3.05, 3.63) is 22.4 Å². The van der Waals surface area contributed by atoms with Crippen molar-refractivity contribution in [1.82, 2.24) is 5.32 Å². The fourth-order valence-electron chi connectivity index (χ4n) is 1.36. The molecule has 0 fully saturated rings. The van der Waals surface area contributed by atoms with Crippen molar-refractivity contribution in [2.24, 2.45) is 0 Å². The number of nitrogens with one attached hydrogen (secondary N) is 1. The van der Waals surface area contributed by atoms with E-state index in [1.807, 2.05) is 19.9 Å². The number of halogens is 1. The maximum atomic E-state index is 11.1. The third-order valence-corrected chi connectivity index (χ3v) is 3.35. The molecule has 2 nitrogen and oxygen atoms in total. The summed E-state index contributed by atoms with van der Waals surface area (Å²) >= 11 is 7.20. The highest BCUT2D eigenvalue weighted by Gasteiger charge is 2.19. The van der Waals surface area contributed by atoms with E-state index >= 15 is 0 Å². The molecule has 0 saturated carbocycles. The van der Waals surface area contributed by atoms with Gasteiger partial charge >= 0.3 is 0 Å². The zero-order chi connectivity index (χ0) is 11.3. The molecule has 1 heterocycles. The summed E-state index contributed by atoms with van der Waals surface area (Å²) in [5.74, 6) is -0.0737. The van der Waals surface area contributed by atoms with Gasteiger partial charge in [-0.2, -0.15) is 0 Å². The van der Waals surface area contributed by atoms with Gasteiger partial charge in [0.25, 0.3) is 0 Å². The molecule has 1 amide bonds. The van der Waals surface area contributed by atoms with E-state index in [1.165, 1.54) is 4.88 Å². The van der Waals surface area contributed by atoms with Gasteiger partial charge in [0.1, 0.15) is 5.88 Å². The molecule has 0 aliphatic heterocycles. The lowest BCUT2D eigenvalue weighted by Crippen LogP contribution is -2.44. The minimum absolute atomic E-state index is 0.0302. The first-order valence-electron chi connectivity index (χ1n) is 4.93. The Kier molecular flexibility index (Phi) is 4.61. The Hall–Kier alpha value is -0.540. The normalized spacial score (nSPS) is 11.4. The van der Waals surface area contributed by atoms with Crippen LogP contribution in [0.5, 0.6) is 0 Å². The standard InChI is InChI=1S/C11H16ClNOS/c1-11(2,13-10(14)8-12)6-5-9-4-3-7-15-9/h3-4,7H,5-6,8H2,1-2H3,(H,13,14). The number of carbonyl (C=O) groups is 1. The summed E-state index contributed by atoms with van der Waals surface area (Å²) in [6, 6.07) is 4.16. The second-order valence-corrected chi connectivity index (χ2v) is 5.44. The van der Waals surface area contributed by atoms with Crippen LogP contribution in [0.25, 0.3) is 0 Å². The molecule has 1 N–H and O–H groups in total. The van der Waals surface area contributed by atoms with Crippen molar-refractivity contribution in [1.29, 1.82) is 0 Å². The average Bonchev–Trinajstić information content (AvgIpc) is 2.66. The van der Waals surface area contributed by atoms with Gasteiger partial charge in [0.15, 0.2) is 0 Å². The van der Waals surface area contributed by atoms with Gasteiger partial charge in [-0.3, -0.25) is 4.79 Å². The SMILES string of the molecule is CC(C)(CCc1cccs1)NC(=O)CCl. The van der Waals surface area contributed by atoms with Gasteiger partial charge in [0.05, 0.1) is 0 Å². The Bertz CT molecular complexity index is 308. The Morgan fingerprint density at radius 1 is 1.60 bits per heavy atom. The highest BCUT2D eigenvalue weighted by molar-refractivity contribution is 7.09. The van der Waals surface area contributed by atoms with Gasteiger partial charge in [0, 0.05) is 10.4 Å². The lowest BCUT2D eigenvalue weighted by molar-refractivity contribution is -0.120. The molecule has 0 aliphatic carbocycles. The fraction of sp³-hybridized carbons (Fsp3) is 0.545. The number of aryl methyl sites for hydroxylation is 1. The van der Waals surface area contributed by atoms with E-state index in [1.54, 1.807) is 11.3 Å². The van der Waals surface area contributed by atoms with Gasteiger partial charge in [0.2, 0.25) is 5.91 Å². The molecule has 1 rings (SSSR count). The van der Waals surface area contributed by atoms with Gasteiger partial charge < -0.3 is 5.32 Å². The summed E-state index contributed by atoms with van der Waals surface area (Å²) < 4.78 is 0. The van der Waals surface area contributed by atoms with Gasteiger partial charge in [-0.15, -0.1) is 22.9 Å². The average molecular weight is 246 g/mol. The van der Waals surface area contributed by atoms with Crippen molar-refractivity contribution >= 4 is 28.8 Å². The number of carbonyl (C=O) groups excluding carboxylic acids is 1. The highest BCUT2D eigenvalue weighted by Crippen LogP contribution is 2.17. The number of hydrogen-bond acceptors (Lipinski definition) is 2. The molecule has 1 aromatic heterocycles. The van der Waals surface area contributed by atoms with E-state index in [-0.39, 0.29) is 17.3 Å². The monoisotopic (exact) mass is 245 g/mol. The van der Waals surface area contributed by atoms with Crippen LogP contribution in [0, 0.1) is 0 Å². The lowest BCUT2D eigenvalue weighted by Gasteiger charge is -2.25. The van der Waals surface area contributed by atoms with E-state index in [4.69, 9.17) is 11.6 Å². The Morgan fingerprint density at radius 3 is 2.87 bits per heavy atom. The molecule has 0 aliphatic rings. The van der Waals surface area contributed by atoms with E-state index in [0.29, 0.717) is 0 Å². The van der Waals surface area contributed by atoms with Crippen molar-refractivity contribution in [2.75, 3.05) is 5.88 Å². The van der Waals surface area contributed by atoms with Crippen molar-refractivity contribution in [2.45, 2.75) is 32.2 Å². The van der Waals surface area contributed by atoms with Crippen molar-refractivity contribution < 1.29 is 4.79 Å². The van der Waals surface area contributed by atoms with Gasteiger partial charge in [-0.25, -0.2) is 0 Å². The molecular formula is C11H16ClNOS. The molecule has 0 spiro atoms. The van der Waals surface area contributed by atoms with Crippen molar-refractivity contribution in [3.8, 4) is 0 Å². The Morgan fingerprint density at radius 2 is 2.33 bits per heavy atom. The molecule has 0 saturated heterocycles. The molecule has 0 atom stereocenters. The first-order valence-corrected chi connectivity index (χ1v) is 6.34. The van der Waals surface area contributed by atoms with Crippen LogP contribution in [0.3, 0.4) is 0 Å². The largest absolute Gasteiger partial charge is 0.350 e. The first kappa shape index (κ1) is 12.5. The van der Waals surface area contributed by atoms with Crippen LogP contribution in [-0.2, 0) is 11.2 Å². The summed E-state index contributed by atoms with van der Waals surface area (Å²) in [5, 5.41) is 4.97. The zero-order valence-corrected chi connectivity index (χ0v) is 10.6. The molecule has 0 bridgehead atoms. The summed E-state index contributed by atoms with van der Waals surface area (Å²) in [7, 11) is 0. The summed E-state index contributed by atoms with van der Waals surface area (Å²) in [6.45, 7) is 4.04. The number of rotatable bonds is 5. The summed E-state index contributed by atoms with van der Waals surface area (Å²) in [5.41, 5.74) is -0.185. The summed E-state index contributed by atoms with van der Waals surface area (Å²) in [6.07, 6.45) is 1.92. The maximum absolute atomic E-state index is 11.1. The van der Waals surface area contributed by atoms with Crippen LogP contribution < -0.4 is 5.32 Å². The number of amides is 1. The van der Waals surface area contributed by atoms with Crippen LogP contribution in [0.15, 0.2) is 17.5 Å². The van der Waals surface area contributed by atoms with Crippen LogP contribution in [0.4, 0.5) is 0 Å². The first-order chi connectivity index (χ1) is 7.03. The van der Waals surface area contributed by atoms with E-state index < -0.39 is 0 Å². The quantitative estimate of drug-likeness (QED) is 0.795. The molecule has 84 valence electrons. The molecular weight excluding hydrogens is 230 g/mol. The van der Waals surface area contributed by atoms with Gasteiger partial charge in [-0.05, 0) is 38.1 Å². The second kappa shape index (κ2) is 5.52. The molecule has 1 aromatic rings. The van der Waals surface area contributed by atoms with Crippen LogP contribution in [-0.4, -0.2) is 17.3 Å². The third kappa shape index (κ3) is 4.67. The lowest BCUT2D eigenvalue weighted by atomic mass is 9.98. The number of thiophene rings is 1. The number of alkyl halides is 1. The molecule has 4 heteroatoms. The van der Waals surface area contributed by atoms with Crippen LogP contribution >= 0.6 is 22.9 Å². The second-order valence-electron chi connectivity index (χ2n) is 4.15. The van der Waals surface area contributed by atoms with Crippen molar-refractivity contribution in [3.63, 3.8) is 0 Å². The molecule has 0 aromatic carbocycles. The van der Waals surface area contributed by atoms with Crippen LogP contribution in [0.2, 0.25) is 0 Å². The predicted octanol–water partition coefficient (Wildman–Crippen LogP) is 2.81. The smallest absolute Gasteiger partial charge is 0.235 e. The zero-order valence-electron chi connectivity index (χ0n) is 9.05. The van der Waals surface area contributed by atoms with Crippen LogP contribution in [0.1, 0.15) is 25.1 Å². The fourth-order valence-corrected chi connectivity index (χ4v) is 2.14. The molecule has 0 unspecified atom stereocenters.